The van der Waals surface area contributed by atoms with Crippen molar-refractivity contribution in [3.63, 3.8) is 0 Å². The first-order chi connectivity index (χ1) is 7.78. The number of rotatable bonds is 5. The second-order valence-corrected chi connectivity index (χ2v) is 5.02. The lowest BCUT2D eigenvalue weighted by Gasteiger charge is -2.26. The van der Waals surface area contributed by atoms with Gasteiger partial charge in [0.2, 0.25) is 0 Å². The molecule has 0 saturated carbocycles. The van der Waals surface area contributed by atoms with Crippen LogP contribution in [0.2, 0.25) is 0 Å². The minimum absolute atomic E-state index is 0.111. The lowest BCUT2D eigenvalue weighted by molar-refractivity contribution is -0.136. The summed E-state index contributed by atoms with van der Waals surface area (Å²) in [7, 11) is 3.86. The minimum atomic E-state index is -4.07. The Morgan fingerprint density at radius 3 is 2.53 bits per heavy atom. The molecule has 0 aromatic carbocycles. The standard InChI is InChI=1S/C11H21F3N2O/c1-15(2)7-9-6-10(17)8-16(9)5-3-4-11(12,13)14/h9-10,17H,3-8H2,1-2H3. The number of likely N-dealkylation sites (N-methyl/N-ethyl adjacent to an activating group) is 1. The van der Waals surface area contributed by atoms with Crippen LogP contribution in [0.3, 0.4) is 0 Å². The van der Waals surface area contributed by atoms with Gasteiger partial charge in [-0.05, 0) is 33.5 Å². The van der Waals surface area contributed by atoms with Gasteiger partial charge in [0.05, 0.1) is 6.10 Å². The van der Waals surface area contributed by atoms with E-state index in [0.29, 0.717) is 19.5 Å². The van der Waals surface area contributed by atoms with Crippen molar-refractivity contribution in [3.8, 4) is 0 Å². The Morgan fingerprint density at radius 2 is 2.00 bits per heavy atom. The number of β-amino-alcohol motifs (C(OH)–C–C–N with tert-alkyl or cyclic N) is 1. The van der Waals surface area contributed by atoms with E-state index >= 15 is 0 Å². The third-order valence-corrected chi connectivity index (χ3v) is 2.99. The Labute approximate surface area is 100 Å². The zero-order chi connectivity index (χ0) is 13.1. The first-order valence-corrected chi connectivity index (χ1v) is 5.91. The van der Waals surface area contributed by atoms with Crippen LogP contribution in [0.25, 0.3) is 0 Å². The van der Waals surface area contributed by atoms with E-state index in [0.717, 1.165) is 6.54 Å². The molecular formula is C11H21F3N2O. The molecule has 0 aliphatic carbocycles. The van der Waals surface area contributed by atoms with Gasteiger partial charge in [0.15, 0.2) is 0 Å². The molecule has 0 aromatic heterocycles. The summed E-state index contributed by atoms with van der Waals surface area (Å²) in [6.07, 6.45) is -4.44. The van der Waals surface area contributed by atoms with Gasteiger partial charge in [-0.15, -0.1) is 0 Å². The maximum atomic E-state index is 12.0. The summed E-state index contributed by atoms with van der Waals surface area (Å²) in [6, 6.07) is 0.174. The van der Waals surface area contributed by atoms with Crippen molar-refractivity contribution in [3.05, 3.63) is 0 Å². The molecule has 6 heteroatoms. The highest BCUT2D eigenvalue weighted by molar-refractivity contribution is 4.86. The van der Waals surface area contributed by atoms with Crippen LogP contribution in [0.1, 0.15) is 19.3 Å². The van der Waals surface area contributed by atoms with Crippen LogP contribution < -0.4 is 0 Å². The van der Waals surface area contributed by atoms with Crippen LogP contribution in [0.4, 0.5) is 13.2 Å². The summed E-state index contributed by atoms with van der Waals surface area (Å²) in [5.74, 6) is 0. The Hall–Kier alpha value is -0.330. The van der Waals surface area contributed by atoms with Crippen LogP contribution >= 0.6 is 0 Å². The fraction of sp³-hybridized carbons (Fsp3) is 1.00. The maximum absolute atomic E-state index is 12.0. The van der Waals surface area contributed by atoms with Crippen LogP contribution in [0, 0.1) is 0 Å². The molecule has 2 atom stereocenters. The maximum Gasteiger partial charge on any atom is 0.389 e. The van der Waals surface area contributed by atoms with Crippen molar-refractivity contribution in [2.75, 3.05) is 33.7 Å². The molecule has 17 heavy (non-hydrogen) atoms. The molecule has 1 fully saturated rings. The molecule has 0 bridgehead atoms. The fourth-order valence-electron chi connectivity index (χ4n) is 2.33. The predicted octanol–water partition coefficient (Wildman–Crippen LogP) is 1.33. The highest BCUT2D eigenvalue weighted by Crippen LogP contribution is 2.24. The summed E-state index contributed by atoms with van der Waals surface area (Å²) in [5.41, 5.74) is 0. The molecule has 0 radical (unpaired) electrons. The third kappa shape index (κ3) is 5.70. The summed E-state index contributed by atoms with van der Waals surface area (Å²) in [4.78, 5) is 3.97. The summed E-state index contributed by atoms with van der Waals surface area (Å²) in [5, 5.41) is 9.56. The Bertz CT molecular complexity index is 233. The van der Waals surface area contributed by atoms with E-state index in [1.807, 2.05) is 23.9 Å². The molecule has 3 nitrogen and oxygen atoms in total. The van der Waals surface area contributed by atoms with Crippen molar-refractivity contribution in [1.29, 1.82) is 0 Å². The highest BCUT2D eigenvalue weighted by Gasteiger charge is 2.32. The topological polar surface area (TPSA) is 26.7 Å². The Balaban J connectivity index is 2.34. The third-order valence-electron chi connectivity index (χ3n) is 2.99. The van der Waals surface area contributed by atoms with E-state index < -0.39 is 18.7 Å². The van der Waals surface area contributed by atoms with E-state index in [1.165, 1.54) is 0 Å². The van der Waals surface area contributed by atoms with E-state index in [9.17, 15) is 18.3 Å². The van der Waals surface area contributed by atoms with E-state index in [1.54, 1.807) is 0 Å². The summed E-state index contributed by atoms with van der Waals surface area (Å²) < 4.78 is 36.1. The zero-order valence-electron chi connectivity index (χ0n) is 10.4. The normalized spacial score (nSPS) is 27.0. The number of aliphatic hydroxyl groups is 1. The van der Waals surface area contributed by atoms with Gasteiger partial charge in [-0.3, -0.25) is 4.90 Å². The monoisotopic (exact) mass is 254 g/mol. The molecule has 1 aliphatic heterocycles. The largest absolute Gasteiger partial charge is 0.392 e. The van der Waals surface area contributed by atoms with Crippen LogP contribution in [-0.4, -0.2) is 67.0 Å². The average molecular weight is 254 g/mol. The number of alkyl halides is 3. The van der Waals surface area contributed by atoms with Crippen LogP contribution in [0.5, 0.6) is 0 Å². The molecule has 1 heterocycles. The van der Waals surface area contributed by atoms with Gasteiger partial charge in [0, 0.05) is 25.6 Å². The van der Waals surface area contributed by atoms with Gasteiger partial charge in [0.25, 0.3) is 0 Å². The van der Waals surface area contributed by atoms with Crippen molar-refractivity contribution in [1.82, 2.24) is 9.80 Å². The minimum Gasteiger partial charge on any atom is -0.392 e. The first-order valence-electron chi connectivity index (χ1n) is 5.91. The van der Waals surface area contributed by atoms with Crippen molar-refractivity contribution >= 4 is 0 Å². The van der Waals surface area contributed by atoms with Gasteiger partial charge in [-0.25, -0.2) is 0 Å². The van der Waals surface area contributed by atoms with Gasteiger partial charge in [-0.1, -0.05) is 0 Å². The molecule has 1 rings (SSSR count). The smallest absolute Gasteiger partial charge is 0.389 e. The second kappa shape index (κ2) is 6.02. The van der Waals surface area contributed by atoms with Crippen LogP contribution in [0.15, 0.2) is 0 Å². The summed E-state index contributed by atoms with van der Waals surface area (Å²) >= 11 is 0. The number of likely N-dealkylation sites (tertiary alicyclic amines) is 1. The molecule has 1 N–H and O–H groups in total. The van der Waals surface area contributed by atoms with Crippen LogP contribution in [-0.2, 0) is 0 Å². The van der Waals surface area contributed by atoms with Crippen molar-refractivity contribution in [2.24, 2.45) is 0 Å². The number of halogens is 3. The van der Waals surface area contributed by atoms with Gasteiger partial charge >= 0.3 is 6.18 Å². The molecule has 1 saturated heterocycles. The zero-order valence-corrected chi connectivity index (χ0v) is 10.4. The number of nitrogens with zero attached hydrogens (tertiary/aromatic N) is 2. The lowest BCUT2D eigenvalue weighted by atomic mass is 10.2. The SMILES string of the molecule is CN(C)CC1CC(O)CN1CCCC(F)(F)F. The van der Waals surface area contributed by atoms with Crippen molar-refractivity contribution < 1.29 is 18.3 Å². The fourth-order valence-corrected chi connectivity index (χ4v) is 2.33. The Morgan fingerprint density at radius 1 is 1.35 bits per heavy atom. The number of hydrogen-bond acceptors (Lipinski definition) is 3. The number of aliphatic hydroxyl groups excluding tert-OH is 1. The highest BCUT2D eigenvalue weighted by atomic mass is 19.4. The second-order valence-electron chi connectivity index (χ2n) is 5.02. The predicted molar refractivity (Wildman–Crippen MR) is 59.8 cm³/mol. The molecular weight excluding hydrogens is 233 g/mol. The molecule has 0 spiro atoms. The molecule has 0 amide bonds. The van der Waals surface area contributed by atoms with Crippen molar-refractivity contribution in [2.45, 2.75) is 37.6 Å². The Kier molecular flexibility index (Phi) is 5.22. The average Bonchev–Trinajstić information content (AvgIpc) is 2.43. The van der Waals surface area contributed by atoms with E-state index in [4.69, 9.17) is 0 Å². The molecule has 1 aliphatic rings. The number of hydrogen-bond donors (Lipinski definition) is 1. The first kappa shape index (κ1) is 14.7. The quantitative estimate of drug-likeness (QED) is 0.801. The molecule has 0 aromatic rings. The van der Waals surface area contributed by atoms with Gasteiger partial charge < -0.3 is 10.0 Å². The van der Waals surface area contributed by atoms with Gasteiger partial charge in [0.1, 0.15) is 0 Å². The molecule has 2 unspecified atom stereocenters. The summed E-state index contributed by atoms with van der Waals surface area (Å²) in [6.45, 7) is 1.69. The van der Waals surface area contributed by atoms with E-state index in [-0.39, 0.29) is 12.5 Å². The van der Waals surface area contributed by atoms with E-state index in [2.05, 4.69) is 0 Å². The molecule has 102 valence electrons. The lowest BCUT2D eigenvalue weighted by Crippen LogP contribution is -2.38. The van der Waals surface area contributed by atoms with Gasteiger partial charge in [-0.2, -0.15) is 13.2 Å².